The predicted octanol–water partition coefficient (Wildman–Crippen LogP) is 6.36. The second kappa shape index (κ2) is 15.0. The number of ether oxygens (including phenoxy) is 2. The fourth-order valence-electron chi connectivity index (χ4n) is 3.68. The van der Waals surface area contributed by atoms with Gasteiger partial charge >= 0.3 is 12.0 Å². The Kier molecular flexibility index (Phi) is 12.0. The van der Waals surface area contributed by atoms with Gasteiger partial charge in [-0.1, -0.05) is 63.8 Å². The lowest BCUT2D eigenvalue weighted by Crippen LogP contribution is -2.37. The number of nitrogens with zero attached hydrogens (tertiary/aromatic N) is 1. The molecule has 2 aromatic rings. The largest absolute Gasteiger partial charge is 0.493 e. The summed E-state index contributed by atoms with van der Waals surface area (Å²) in [4.78, 5) is 25.8. The van der Waals surface area contributed by atoms with Crippen molar-refractivity contribution in [1.82, 2.24) is 5.32 Å². The molecule has 2 rings (SSSR count). The van der Waals surface area contributed by atoms with Crippen LogP contribution in [0.2, 0.25) is 0 Å². The molecule has 186 valence electrons. The van der Waals surface area contributed by atoms with Crippen molar-refractivity contribution in [2.75, 3.05) is 32.2 Å². The first-order chi connectivity index (χ1) is 16.5. The molecule has 0 aromatic heterocycles. The highest BCUT2D eigenvalue weighted by Crippen LogP contribution is 2.33. The van der Waals surface area contributed by atoms with Crippen LogP contribution in [-0.2, 0) is 16.0 Å². The van der Waals surface area contributed by atoms with Crippen LogP contribution in [0, 0.1) is 0 Å². The number of rotatable bonds is 14. The lowest BCUT2D eigenvalue weighted by atomic mass is 10.00. The minimum absolute atomic E-state index is 0.103. The highest BCUT2D eigenvalue weighted by Gasteiger charge is 2.14. The Morgan fingerprint density at radius 3 is 2.50 bits per heavy atom. The summed E-state index contributed by atoms with van der Waals surface area (Å²) in [7, 11) is 3.19. The van der Waals surface area contributed by atoms with E-state index in [-0.39, 0.29) is 12.0 Å². The van der Waals surface area contributed by atoms with Crippen LogP contribution >= 0.6 is 0 Å². The molecular weight excluding hydrogens is 428 g/mol. The standard InChI is InChI=1S/C28H40N2O4/c1-5-7-8-9-10-18-29-28(32)30(3)24-13-11-12-23(21-24)25-16-14-22(15-17-27(31)33-4)20-26(25)34-19-6-2/h11-14,16,20-21H,5-10,15,17-19H2,1-4H3,(H,29,32). The van der Waals surface area contributed by atoms with Gasteiger partial charge in [0.25, 0.3) is 0 Å². The molecule has 1 N–H and O–H groups in total. The van der Waals surface area contributed by atoms with Crippen molar-refractivity contribution < 1.29 is 19.1 Å². The summed E-state index contributed by atoms with van der Waals surface area (Å²) in [5.74, 6) is 0.552. The summed E-state index contributed by atoms with van der Waals surface area (Å²) in [5.41, 5.74) is 3.77. The predicted molar refractivity (Wildman–Crippen MR) is 139 cm³/mol. The summed E-state index contributed by atoms with van der Waals surface area (Å²) in [6, 6.07) is 13.8. The Morgan fingerprint density at radius 1 is 0.971 bits per heavy atom. The quantitative estimate of drug-likeness (QED) is 0.259. The normalized spacial score (nSPS) is 10.6. The van der Waals surface area contributed by atoms with Gasteiger partial charge in [0, 0.05) is 31.3 Å². The number of benzene rings is 2. The maximum Gasteiger partial charge on any atom is 0.321 e. The molecular formula is C28H40N2O4. The van der Waals surface area contributed by atoms with Crippen LogP contribution in [-0.4, -0.2) is 39.3 Å². The number of hydrogen-bond donors (Lipinski definition) is 1. The molecule has 0 spiro atoms. The van der Waals surface area contributed by atoms with Crippen LogP contribution in [0.3, 0.4) is 0 Å². The number of nitrogens with one attached hydrogen (secondary N) is 1. The van der Waals surface area contributed by atoms with E-state index in [0.29, 0.717) is 26.0 Å². The van der Waals surface area contributed by atoms with Crippen LogP contribution in [0.5, 0.6) is 5.75 Å². The van der Waals surface area contributed by atoms with Crippen molar-refractivity contribution in [3.8, 4) is 16.9 Å². The first-order valence-electron chi connectivity index (χ1n) is 12.4. The van der Waals surface area contributed by atoms with Crippen LogP contribution < -0.4 is 15.0 Å². The van der Waals surface area contributed by atoms with E-state index in [1.165, 1.54) is 26.4 Å². The third-order valence-electron chi connectivity index (χ3n) is 5.76. The molecule has 0 atom stereocenters. The summed E-state index contributed by atoms with van der Waals surface area (Å²) in [5, 5.41) is 3.02. The average molecular weight is 469 g/mol. The molecule has 0 aliphatic heterocycles. The highest BCUT2D eigenvalue weighted by molar-refractivity contribution is 5.92. The van der Waals surface area contributed by atoms with Gasteiger partial charge in [-0.25, -0.2) is 4.79 Å². The highest BCUT2D eigenvalue weighted by atomic mass is 16.5. The van der Waals surface area contributed by atoms with Gasteiger partial charge in [0.2, 0.25) is 0 Å². The second-order valence-electron chi connectivity index (χ2n) is 8.51. The first-order valence-corrected chi connectivity index (χ1v) is 12.4. The molecule has 0 saturated heterocycles. The number of hydrogen-bond acceptors (Lipinski definition) is 4. The minimum atomic E-state index is -0.227. The monoisotopic (exact) mass is 468 g/mol. The first kappa shape index (κ1) is 27.2. The van der Waals surface area contributed by atoms with Crippen molar-refractivity contribution >= 4 is 17.7 Å². The van der Waals surface area contributed by atoms with Gasteiger partial charge in [0.15, 0.2) is 0 Å². The Bertz CT molecular complexity index is 913. The number of carbonyl (C=O) groups is 2. The van der Waals surface area contributed by atoms with E-state index in [9.17, 15) is 9.59 Å². The van der Waals surface area contributed by atoms with Gasteiger partial charge in [-0.3, -0.25) is 9.69 Å². The van der Waals surface area contributed by atoms with Gasteiger partial charge in [-0.2, -0.15) is 0 Å². The molecule has 2 amide bonds. The Hall–Kier alpha value is -3.02. The molecule has 6 heteroatoms. The molecule has 0 aliphatic rings. The van der Waals surface area contributed by atoms with Crippen LogP contribution in [0.15, 0.2) is 42.5 Å². The van der Waals surface area contributed by atoms with Gasteiger partial charge in [-0.15, -0.1) is 0 Å². The summed E-state index contributed by atoms with van der Waals surface area (Å²) < 4.78 is 10.8. The summed E-state index contributed by atoms with van der Waals surface area (Å²) in [6.45, 7) is 5.56. The number of esters is 1. The Balaban J connectivity index is 2.12. The third kappa shape index (κ3) is 8.73. The maximum absolute atomic E-state index is 12.6. The molecule has 0 unspecified atom stereocenters. The SMILES string of the molecule is CCCCCCCNC(=O)N(C)c1cccc(-c2ccc(CCC(=O)OC)cc2OCCC)c1. The van der Waals surface area contributed by atoms with Gasteiger partial charge in [0.05, 0.1) is 13.7 Å². The molecule has 2 aromatic carbocycles. The van der Waals surface area contributed by atoms with E-state index in [1.54, 1.807) is 11.9 Å². The van der Waals surface area contributed by atoms with E-state index in [1.807, 2.05) is 42.5 Å². The zero-order chi connectivity index (χ0) is 24.8. The van der Waals surface area contributed by atoms with E-state index < -0.39 is 0 Å². The lowest BCUT2D eigenvalue weighted by Gasteiger charge is -2.20. The number of methoxy groups -OCH3 is 1. The Morgan fingerprint density at radius 2 is 1.76 bits per heavy atom. The number of aryl methyl sites for hydroxylation is 1. The molecule has 0 radical (unpaired) electrons. The van der Waals surface area contributed by atoms with Gasteiger partial charge in [0.1, 0.15) is 5.75 Å². The lowest BCUT2D eigenvalue weighted by molar-refractivity contribution is -0.140. The fourth-order valence-corrected chi connectivity index (χ4v) is 3.68. The van der Waals surface area contributed by atoms with E-state index in [2.05, 4.69) is 19.2 Å². The number of carbonyl (C=O) groups excluding carboxylic acids is 2. The van der Waals surface area contributed by atoms with Gasteiger partial charge < -0.3 is 14.8 Å². The number of anilines is 1. The zero-order valence-electron chi connectivity index (χ0n) is 21.2. The van der Waals surface area contributed by atoms with Crippen molar-refractivity contribution in [3.63, 3.8) is 0 Å². The van der Waals surface area contributed by atoms with Crippen LogP contribution in [0.25, 0.3) is 11.1 Å². The van der Waals surface area contributed by atoms with Gasteiger partial charge in [-0.05, 0) is 48.6 Å². The smallest absolute Gasteiger partial charge is 0.321 e. The molecule has 0 fully saturated rings. The van der Waals surface area contributed by atoms with Crippen molar-refractivity contribution in [2.45, 2.75) is 65.2 Å². The second-order valence-corrected chi connectivity index (χ2v) is 8.51. The average Bonchev–Trinajstić information content (AvgIpc) is 2.87. The maximum atomic E-state index is 12.6. The van der Waals surface area contributed by atoms with E-state index in [0.717, 1.165) is 47.4 Å². The van der Waals surface area contributed by atoms with Crippen molar-refractivity contribution in [2.24, 2.45) is 0 Å². The fraction of sp³-hybridized carbons (Fsp3) is 0.500. The molecule has 0 heterocycles. The van der Waals surface area contributed by atoms with E-state index >= 15 is 0 Å². The van der Waals surface area contributed by atoms with E-state index in [4.69, 9.17) is 9.47 Å². The number of amides is 2. The summed E-state index contributed by atoms with van der Waals surface area (Å²) >= 11 is 0. The molecule has 0 saturated carbocycles. The van der Waals surface area contributed by atoms with Crippen LogP contribution in [0.4, 0.5) is 10.5 Å². The minimum Gasteiger partial charge on any atom is -0.493 e. The number of unbranched alkanes of at least 4 members (excludes halogenated alkanes) is 4. The molecule has 6 nitrogen and oxygen atoms in total. The summed E-state index contributed by atoms with van der Waals surface area (Å²) in [6.07, 6.45) is 7.64. The molecule has 34 heavy (non-hydrogen) atoms. The third-order valence-corrected chi connectivity index (χ3v) is 5.76. The molecule has 0 bridgehead atoms. The Labute approximate surface area is 204 Å². The van der Waals surface area contributed by atoms with Crippen molar-refractivity contribution in [1.29, 1.82) is 0 Å². The zero-order valence-corrected chi connectivity index (χ0v) is 21.2. The number of urea groups is 1. The van der Waals surface area contributed by atoms with Crippen molar-refractivity contribution in [3.05, 3.63) is 48.0 Å². The van der Waals surface area contributed by atoms with Crippen LogP contribution in [0.1, 0.15) is 64.4 Å². The topological polar surface area (TPSA) is 67.9 Å². The molecule has 0 aliphatic carbocycles.